The highest BCUT2D eigenvalue weighted by Gasteiger charge is 2.49. The molecule has 1 saturated heterocycles. The lowest BCUT2D eigenvalue weighted by Gasteiger charge is -2.38. The van der Waals surface area contributed by atoms with E-state index in [2.05, 4.69) is 10.4 Å². The van der Waals surface area contributed by atoms with Crippen LogP contribution in [-0.4, -0.2) is 53.3 Å². The Morgan fingerprint density at radius 2 is 2.03 bits per heavy atom. The Morgan fingerprint density at radius 1 is 1.27 bits per heavy atom. The molecule has 3 aliphatic rings. The molecule has 1 aromatic carbocycles. The molecule has 1 N–H and O–H groups in total. The number of fused-ring (bicyclic) bond motifs is 2. The minimum absolute atomic E-state index is 0.00784. The molecule has 1 aromatic heterocycles. The van der Waals surface area contributed by atoms with Gasteiger partial charge in [0.1, 0.15) is 5.69 Å². The van der Waals surface area contributed by atoms with Crippen molar-refractivity contribution in [3.63, 3.8) is 0 Å². The summed E-state index contributed by atoms with van der Waals surface area (Å²) in [5, 5.41) is 7.12. The van der Waals surface area contributed by atoms with Crippen LogP contribution in [0.5, 0.6) is 11.5 Å². The highest BCUT2D eigenvalue weighted by atomic mass is 16.5. The number of anilines is 1. The van der Waals surface area contributed by atoms with Crippen LogP contribution in [0, 0.1) is 5.92 Å². The highest BCUT2D eigenvalue weighted by Crippen LogP contribution is 2.49. The van der Waals surface area contributed by atoms with E-state index in [1.54, 1.807) is 36.0 Å². The second-order valence-corrected chi connectivity index (χ2v) is 8.47. The van der Waals surface area contributed by atoms with E-state index < -0.39 is 5.41 Å². The molecule has 2 aliphatic heterocycles. The van der Waals surface area contributed by atoms with E-state index in [-0.39, 0.29) is 11.8 Å². The van der Waals surface area contributed by atoms with Gasteiger partial charge in [-0.2, -0.15) is 5.10 Å². The Kier molecular flexibility index (Phi) is 4.45. The van der Waals surface area contributed by atoms with Gasteiger partial charge in [0, 0.05) is 38.1 Å². The lowest BCUT2D eigenvalue weighted by molar-refractivity contribution is -0.122. The minimum Gasteiger partial charge on any atom is -0.493 e. The number of carbonyl (C=O) groups excluding carboxylic acids is 2. The van der Waals surface area contributed by atoms with E-state index in [1.807, 2.05) is 12.1 Å². The van der Waals surface area contributed by atoms with Crippen molar-refractivity contribution >= 4 is 17.5 Å². The SMILES string of the molecule is COc1cc2c(cc1OCC1CC1)NC(=O)C21CCN(C(=O)c2ccnn2C)CC1. The summed E-state index contributed by atoms with van der Waals surface area (Å²) in [7, 11) is 3.38. The number of hydrogen-bond acceptors (Lipinski definition) is 5. The third-order valence-electron chi connectivity index (χ3n) is 6.62. The summed E-state index contributed by atoms with van der Waals surface area (Å²) >= 11 is 0. The number of rotatable bonds is 5. The molecule has 30 heavy (non-hydrogen) atoms. The molecule has 1 aliphatic carbocycles. The topological polar surface area (TPSA) is 85.7 Å². The van der Waals surface area contributed by atoms with Crippen LogP contribution in [0.15, 0.2) is 24.4 Å². The van der Waals surface area contributed by atoms with Crippen LogP contribution in [0.3, 0.4) is 0 Å². The Labute approximate surface area is 175 Å². The molecule has 8 nitrogen and oxygen atoms in total. The molecule has 2 fully saturated rings. The number of aromatic nitrogens is 2. The maximum atomic E-state index is 13.0. The number of amides is 2. The summed E-state index contributed by atoms with van der Waals surface area (Å²) < 4.78 is 13.1. The number of nitrogens with one attached hydrogen (secondary N) is 1. The first kappa shape index (κ1) is 19.0. The number of aryl methyl sites for hydroxylation is 1. The lowest BCUT2D eigenvalue weighted by atomic mass is 9.73. The average Bonchev–Trinajstić information content (AvgIpc) is 3.44. The van der Waals surface area contributed by atoms with Crippen LogP contribution in [0.1, 0.15) is 41.7 Å². The van der Waals surface area contributed by atoms with Crippen LogP contribution < -0.4 is 14.8 Å². The van der Waals surface area contributed by atoms with Gasteiger partial charge < -0.3 is 19.7 Å². The Morgan fingerprint density at radius 3 is 2.67 bits per heavy atom. The molecule has 8 heteroatoms. The number of hydrogen-bond donors (Lipinski definition) is 1. The van der Waals surface area contributed by atoms with Gasteiger partial charge in [0.15, 0.2) is 11.5 Å². The molecule has 1 spiro atoms. The van der Waals surface area contributed by atoms with Gasteiger partial charge in [-0.25, -0.2) is 0 Å². The van der Waals surface area contributed by atoms with Crippen LogP contribution in [0.4, 0.5) is 5.69 Å². The average molecular weight is 410 g/mol. The molecule has 158 valence electrons. The maximum Gasteiger partial charge on any atom is 0.272 e. The van der Waals surface area contributed by atoms with Crippen LogP contribution in [0.2, 0.25) is 0 Å². The van der Waals surface area contributed by atoms with E-state index in [0.29, 0.717) is 55.6 Å². The van der Waals surface area contributed by atoms with Crippen molar-refractivity contribution in [1.29, 1.82) is 0 Å². The first-order valence-corrected chi connectivity index (χ1v) is 10.5. The van der Waals surface area contributed by atoms with Gasteiger partial charge >= 0.3 is 0 Å². The van der Waals surface area contributed by atoms with Crippen LogP contribution in [-0.2, 0) is 17.3 Å². The van der Waals surface area contributed by atoms with Gasteiger partial charge in [0.2, 0.25) is 5.91 Å². The molecule has 1 saturated carbocycles. The zero-order chi connectivity index (χ0) is 20.9. The molecule has 0 radical (unpaired) electrons. The van der Waals surface area contributed by atoms with Crippen LogP contribution >= 0.6 is 0 Å². The second kappa shape index (κ2) is 7.04. The molecule has 3 heterocycles. The van der Waals surface area contributed by atoms with E-state index in [0.717, 1.165) is 11.3 Å². The van der Waals surface area contributed by atoms with Crippen molar-refractivity contribution in [3.8, 4) is 11.5 Å². The molecule has 2 amide bonds. The monoisotopic (exact) mass is 410 g/mol. The normalized spacial score (nSPS) is 19.5. The fourth-order valence-corrected chi connectivity index (χ4v) is 4.52. The Hall–Kier alpha value is -3.03. The fraction of sp³-hybridized carbons (Fsp3) is 0.500. The predicted molar refractivity (Wildman–Crippen MR) is 110 cm³/mol. The zero-order valence-corrected chi connectivity index (χ0v) is 17.3. The van der Waals surface area contributed by atoms with E-state index >= 15 is 0 Å². The smallest absolute Gasteiger partial charge is 0.272 e. The molecule has 2 aromatic rings. The summed E-state index contributed by atoms with van der Waals surface area (Å²) in [4.78, 5) is 27.7. The summed E-state index contributed by atoms with van der Waals surface area (Å²) in [5.41, 5.74) is 1.65. The summed E-state index contributed by atoms with van der Waals surface area (Å²) in [5.74, 6) is 1.89. The van der Waals surface area contributed by atoms with E-state index in [9.17, 15) is 9.59 Å². The van der Waals surface area contributed by atoms with E-state index in [4.69, 9.17) is 9.47 Å². The van der Waals surface area contributed by atoms with Crippen molar-refractivity contribution in [3.05, 3.63) is 35.7 Å². The molecule has 0 unspecified atom stereocenters. The number of piperidine rings is 1. The van der Waals surface area contributed by atoms with Crippen molar-refractivity contribution in [1.82, 2.24) is 14.7 Å². The highest BCUT2D eigenvalue weighted by molar-refractivity contribution is 6.07. The standard InChI is InChI=1S/C22H26N4O4/c1-25-17(5-8-23-25)20(27)26-9-6-22(7-10-26)15-11-18(29-2)19(30-13-14-3-4-14)12-16(15)24-21(22)28/h5,8,11-12,14H,3-4,6-7,9-10,13H2,1-2H3,(H,24,28). The first-order chi connectivity index (χ1) is 14.5. The second-order valence-electron chi connectivity index (χ2n) is 8.47. The fourth-order valence-electron chi connectivity index (χ4n) is 4.52. The summed E-state index contributed by atoms with van der Waals surface area (Å²) in [6, 6.07) is 5.54. The van der Waals surface area contributed by atoms with E-state index in [1.165, 1.54) is 12.8 Å². The largest absolute Gasteiger partial charge is 0.493 e. The number of carbonyl (C=O) groups is 2. The van der Waals surface area contributed by atoms with Crippen molar-refractivity contribution in [2.45, 2.75) is 31.1 Å². The van der Waals surface area contributed by atoms with Crippen molar-refractivity contribution in [2.75, 3.05) is 32.1 Å². The maximum absolute atomic E-state index is 13.0. The molecule has 5 rings (SSSR count). The Balaban J connectivity index is 1.38. The van der Waals surface area contributed by atoms with Gasteiger partial charge in [-0.15, -0.1) is 0 Å². The third-order valence-corrected chi connectivity index (χ3v) is 6.62. The number of benzene rings is 1. The number of ether oxygens (including phenoxy) is 2. The Bertz CT molecular complexity index is 1000. The zero-order valence-electron chi connectivity index (χ0n) is 17.3. The van der Waals surface area contributed by atoms with Gasteiger partial charge in [-0.3, -0.25) is 14.3 Å². The van der Waals surface area contributed by atoms with Gasteiger partial charge in [-0.1, -0.05) is 0 Å². The van der Waals surface area contributed by atoms with Crippen LogP contribution in [0.25, 0.3) is 0 Å². The summed E-state index contributed by atoms with van der Waals surface area (Å²) in [6.45, 7) is 1.71. The van der Waals surface area contributed by atoms with Crippen molar-refractivity contribution in [2.24, 2.45) is 13.0 Å². The third kappa shape index (κ3) is 3.02. The molecule has 0 bridgehead atoms. The molecular weight excluding hydrogens is 384 g/mol. The lowest BCUT2D eigenvalue weighted by Crippen LogP contribution is -2.48. The number of methoxy groups -OCH3 is 1. The quantitative estimate of drug-likeness (QED) is 0.818. The molecular formula is C22H26N4O4. The number of nitrogens with zero attached hydrogens (tertiary/aromatic N) is 3. The molecule has 0 atom stereocenters. The minimum atomic E-state index is -0.638. The van der Waals surface area contributed by atoms with Crippen molar-refractivity contribution < 1.29 is 19.1 Å². The van der Waals surface area contributed by atoms with Gasteiger partial charge in [0.25, 0.3) is 5.91 Å². The predicted octanol–water partition coefficient (Wildman–Crippen LogP) is 2.34. The summed E-state index contributed by atoms with van der Waals surface area (Å²) in [6.07, 6.45) is 5.18. The van der Waals surface area contributed by atoms with Gasteiger partial charge in [-0.05, 0) is 49.3 Å². The first-order valence-electron chi connectivity index (χ1n) is 10.5. The van der Waals surface area contributed by atoms with Gasteiger partial charge in [0.05, 0.1) is 19.1 Å². The number of likely N-dealkylation sites (tertiary alicyclic amines) is 1.